The smallest absolute Gasteiger partial charge is 0.240 e. The number of para-hydroxylation sites is 6. The van der Waals surface area contributed by atoms with Gasteiger partial charge >= 0.3 is 0 Å². The maximum absolute atomic E-state index is 2.49. The molecule has 0 radical (unpaired) electrons. The molecule has 0 saturated heterocycles. The molecule has 16 aromatic rings. The molecule has 0 saturated carbocycles. The minimum absolute atomic E-state index is 0.0644. The Morgan fingerprint density at radius 3 is 0.707 bits per heavy atom. The first kappa shape index (κ1) is 46.8. The fourth-order valence-electron chi connectivity index (χ4n) is 15.3. The third-order valence-corrected chi connectivity index (χ3v) is 18.5. The van der Waals surface area contributed by atoms with Gasteiger partial charge in [-0.3, -0.25) is 0 Å². The van der Waals surface area contributed by atoms with Crippen LogP contribution in [0, 0.1) is 27.7 Å². The highest BCUT2D eigenvalue weighted by molar-refractivity contribution is 7.11. The average molecular weight is 1040 g/mol. The number of aromatic nitrogens is 4. The molecule has 4 aromatic heterocycles. The van der Waals surface area contributed by atoms with E-state index in [9.17, 15) is 0 Å². The molecule has 5 heterocycles. The molecule has 1 aliphatic heterocycles. The summed E-state index contributed by atoms with van der Waals surface area (Å²) in [7, 11) is 0. The van der Waals surface area contributed by atoms with Gasteiger partial charge in [-0.25, -0.2) is 0 Å². The summed E-state index contributed by atoms with van der Waals surface area (Å²) >= 11 is 0. The molecule has 17 rings (SSSR count). The van der Waals surface area contributed by atoms with Crippen molar-refractivity contribution in [1.82, 2.24) is 18.3 Å². The average Bonchev–Trinajstić information content (AvgIpc) is 3.55. The summed E-state index contributed by atoms with van der Waals surface area (Å²) in [5, 5.41) is 10.1. The molecule has 0 amide bonds. The minimum Gasteiger partial charge on any atom is -0.309 e. The summed E-state index contributed by atoms with van der Waals surface area (Å²) in [5.41, 5.74) is 27.8. The molecule has 0 fully saturated rings. The van der Waals surface area contributed by atoms with Crippen LogP contribution < -0.4 is 32.8 Å². The molecule has 1 aliphatic rings. The van der Waals surface area contributed by atoms with Crippen LogP contribution in [0.5, 0.6) is 0 Å². The number of aryl methyl sites for hydroxylation is 4. The molecule has 0 atom stereocenters. The maximum Gasteiger partial charge on any atom is 0.240 e. The quantitative estimate of drug-likeness (QED) is 0.148. The molecule has 384 valence electrons. The van der Waals surface area contributed by atoms with Crippen LogP contribution in [0.2, 0.25) is 0 Å². The van der Waals surface area contributed by atoms with Gasteiger partial charge in [0.2, 0.25) is 13.4 Å². The van der Waals surface area contributed by atoms with Gasteiger partial charge in [0, 0.05) is 65.8 Å². The zero-order valence-corrected chi connectivity index (χ0v) is 46.2. The van der Waals surface area contributed by atoms with Crippen molar-refractivity contribution in [2.24, 2.45) is 0 Å². The van der Waals surface area contributed by atoms with E-state index >= 15 is 0 Å². The van der Waals surface area contributed by atoms with Crippen molar-refractivity contribution in [2.45, 2.75) is 27.7 Å². The first-order valence-corrected chi connectivity index (χ1v) is 28.8. The van der Waals surface area contributed by atoms with E-state index in [-0.39, 0.29) is 13.4 Å². The number of benzene rings is 12. The monoisotopic (exact) mass is 1040 g/mol. The zero-order valence-electron chi connectivity index (χ0n) is 46.2. The summed E-state index contributed by atoms with van der Waals surface area (Å²) in [5.74, 6) is 0. The second-order valence-electron chi connectivity index (χ2n) is 23.0. The fourth-order valence-corrected chi connectivity index (χ4v) is 15.3. The van der Waals surface area contributed by atoms with Gasteiger partial charge in [0.05, 0.1) is 44.1 Å². The number of nitrogens with zero attached hydrogens (tertiary/aromatic N) is 4. The second-order valence-corrected chi connectivity index (χ2v) is 23.0. The lowest BCUT2D eigenvalue weighted by molar-refractivity contribution is 1.16. The molecule has 0 unspecified atom stereocenters. The Morgan fingerprint density at radius 1 is 0.207 bits per heavy atom. The van der Waals surface area contributed by atoms with Crippen molar-refractivity contribution in [3.63, 3.8) is 0 Å². The molecular formula is C76H54B2N4. The van der Waals surface area contributed by atoms with E-state index in [1.807, 2.05) is 0 Å². The molecule has 4 nitrogen and oxygen atoms in total. The van der Waals surface area contributed by atoms with Gasteiger partial charge in [0.25, 0.3) is 0 Å². The number of hydrogen-bond donors (Lipinski definition) is 0. The highest BCUT2D eigenvalue weighted by Crippen LogP contribution is 2.40. The molecule has 82 heavy (non-hydrogen) atoms. The predicted octanol–water partition coefficient (Wildman–Crippen LogP) is 14.7. The van der Waals surface area contributed by atoms with Crippen molar-refractivity contribution in [2.75, 3.05) is 0 Å². The SMILES string of the molecule is Cc1cc(-n2c3ccccc3c3cc(-n4c5ccccc5c5ccccc54)ccc32)cc(C)c1B1c2ccccc2B(c2c(C)cc(-n3c4ccccc4c4cc(-n5c6ccccc6c6ccccc65)ccc43)cc2C)c2ccccc21. The van der Waals surface area contributed by atoms with E-state index in [0.29, 0.717) is 0 Å². The summed E-state index contributed by atoms with van der Waals surface area (Å²) in [6.07, 6.45) is 0. The van der Waals surface area contributed by atoms with E-state index in [1.54, 1.807) is 0 Å². The van der Waals surface area contributed by atoms with E-state index in [2.05, 4.69) is 301 Å². The van der Waals surface area contributed by atoms with Crippen molar-refractivity contribution >= 4 is 133 Å². The standard InChI is InChI=1S/C76H54B2N4/c1-47-41-53(81-71-35-19-9-25-59(71)61-45-51(37-39-73(61)81)79-67-31-15-5-21-55(67)56-22-6-16-32-68(56)79)42-48(2)75(47)77-63-27-11-13-29-65(63)78(66-30-14-12-28-64(66)77)76-49(3)43-54(44-50(76)4)82-72-36-20-10-26-60(72)62-46-52(38-40-74(62)82)80-69-33-17-7-23-57(69)58-24-8-18-34-70(58)80/h5-46H,1-4H3. The molecule has 0 spiro atoms. The lowest BCUT2D eigenvalue weighted by Gasteiger charge is -2.34. The largest absolute Gasteiger partial charge is 0.309 e. The summed E-state index contributed by atoms with van der Waals surface area (Å²) in [4.78, 5) is 0. The van der Waals surface area contributed by atoms with Crippen LogP contribution in [0.1, 0.15) is 22.3 Å². The first-order valence-electron chi connectivity index (χ1n) is 28.8. The van der Waals surface area contributed by atoms with Gasteiger partial charge in [0.15, 0.2) is 0 Å². The van der Waals surface area contributed by atoms with Gasteiger partial charge in [-0.1, -0.05) is 213 Å². The number of fused-ring (bicyclic) bond motifs is 14. The van der Waals surface area contributed by atoms with Crippen LogP contribution in [-0.4, -0.2) is 31.7 Å². The van der Waals surface area contributed by atoms with Crippen LogP contribution in [0.25, 0.3) is 110 Å². The van der Waals surface area contributed by atoms with Gasteiger partial charge in [-0.2, -0.15) is 0 Å². The van der Waals surface area contributed by atoms with Crippen molar-refractivity contribution in [1.29, 1.82) is 0 Å². The van der Waals surface area contributed by atoms with Crippen LogP contribution >= 0.6 is 0 Å². The Labute approximate surface area is 476 Å². The third kappa shape index (κ3) is 6.64. The maximum atomic E-state index is 2.49. The van der Waals surface area contributed by atoms with Gasteiger partial charge in [-0.15, -0.1) is 0 Å². The van der Waals surface area contributed by atoms with E-state index < -0.39 is 0 Å². The highest BCUT2D eigenvalue weighted by Gasteiger charge is 2.40. The topological polar surface area (TPSA) is 19.7 Å². The molecule has 6 heteroatoms. The van der Waals surface area contributed by atoms with Gasteiger partial charge in [-0.05, 0) is 125 Å². The normalized spacial score (nSPS) is 12.6. The number of rotatable bonds is 6. The first-order chi connectivity index (χ1) is 40.4. The lowest BCUT2D eigenvalue weighted by Crippen LogP contribution is -2.75. The van der Waals surface area contributed by atoms with Crippen LogP contribution in [-0.2, 0) is 0 Å². The van der Waals surface area contributed by atoms with E-state index in [0.717, 1.165) is 0 Å². The van der Waals surface area contributed by atoms with E-state index in [4.69, 9.17) is 0 Å². The van der Waals surface area contributed by atoms with E-state index in [1.165, 1.54) is 165 Å². The molecule has 0 bridgehead atoms. The Hall–Kier alpha value is -10.0. The summed E-state index contributed by atoms with van der Waals surface area (Å²) < 4.78 is 9.83. The zero-order chi connectivity index (χ0) is 54.5. The minimum atomic E-state index is 0.0644. The second kappa shape index (κ2) is 17.7. The molecular weight excluding hydrogens is 990 g/mol. The van der Waals surface area contributed by atoms with Crippen molar-refractivity contribution in [3.8, 4) is 22.7 Å². The van der Waals surface area contributed by atoms with Gasteiger partial charge in [0.1, 0.15) is 0 Å². The fraction of sp³-hybridized carbons (Fsp3) is 0.0526. The van der Waals surface area contributed by atoms with Gasteiger partial charge < -0.3 is 18.3 Å². The number of hydrogen-bond acceptors (Lipinski definition) is 0. The Kier molecular flexibility index (Phi) is 10.1. The molecule has 0 aliphatic carbocycles. The van der Waals surface area contributed by atoms with Crippen molar-refractivity contribution in [3.05, 3.63) is 277 Å². The summed E-state index contributed by atoms with van der Waals surface area (Å²) in [6.45, 7) is 9.48. The Balaban J connectivity index is 0.770. The molecule has 0 N–H and O–H groups in total. The Bertz CT molecular complexity index is 4840. The van der Waals surface area contributed by atoms with Crippen LogP contribution in [0.3, 0.4) is 0 Å². The Morgan fingerprint density at radius 2 is 0.427 bits per heavy atom. The van der Waals surface area contributed by atoms with Crippen LogP contribution in [0.4, 0.5) is 0 Å². The lowest BCUT2D eigenvalue weighted by atomic mass is 9.20. The predicted molar refractivity (Wildman–Crippen MR) is 351 cm³/mol. The highest BCUT2D eigenvalue weighted by atomic mass is 15.0. The van der Waals surface area contributed by atoms with Crippen molar-refractivity contribution < 1.29 is 0 Å². The third-order valence-electron chi connectivity index (χ3n) is 18.5. The van der Waals surface area contributed by atoms with Crippen LogP contribution in [0.15, 0.2) is 255 Å². The molecule has 12 aromatic carbocycles. The summed E-state index contributed by atoms with van der Waals surface area (Å²) in [6, 6.07) is 95.4.